The molecular weight excluding hydrogens is 324 g/mol. The molecular formula is C18H18N2O3S. The van der Waals surface area contributed by atoms with E-state index in [4.69, 9.17) is 4.74 Å². The number of hydrogen-bond donors (Lipinski definition) is 1. The van der Waals surface area contributed by atoms with Gasteiger partial charge in [0.05, 0.1) is 11.7 Å². The van der Waals surface area contributed by atoms with Crippen LogP contribution >= 0.6 is 11.3 Å². The van der Waals surface area contributed by atoms with Crippen molar-refractivity contribution in [3.05, 3.63) is 45.6 Å². The molecule has 0 unspecified atom stereocenters. The van der Waals surface area contributed by atoms with Gasteiger partial charge < -0.3 is 15.0 Å². The van der Waals surface area contributed by atoms with Gasteiger partial charge in [0.25, 0.3) is 11.8 Å². The van der Waals surface area contributed by atoms with Crippen molar-refractivity contribution >= 4 is 28.8 Å². The monoisotopic (exact) mass is 342 g/mol. The van der Waals surface area contributed by atoms with E-state index in [1.165, 1.54) is 10.4 Å². The van der Waals surface area contributed by atoms with Gasteiger partial charge in [-0.3, -0.25) is 9.59 Å². The molecule has 0 saturated carbocycles. The summed E-state index contributed by atoms with van der Waals surface area (Å²) in [6.45, 7) is 2.84. The number of carbonyl (C=O) groups excluding carboxylic acids is 2. The highest BCUT2D eigenvalue weighted by molar-refractivity contribution is 7.10. The number of benzene rings is 1. The quantitative estimate of drug-likeness (QED) is 0.911. The van der Waals surface area contributed by atoms with Gasteiger partial charge in [0.1, 0.15) is 5.75 Å². The van der Waals surface area contributed by atoms with Crippen LogP contribution in [0.25, 0.3) is 0 Å². The lowest BCUT2D eigenvalue weighted by molar-refractivity contribution is -0.118. The zero-order valence-corrected chi connectivity index (χ0v) is 14.2. The molecule has 2 aromatic rings. The Morgan fingerprint density at radius 1 is 1.42 bits per heavy atom. The smallest absolute Gasteiger partial charge is 0.262 e. The normalized spacial score (nSPS) is 19.1. The fourth-order valence-electron chi connectivity index (χ4n) is 3.45. The Hall–Kier alpha value is -2.34. The number of thiophene rings is 1. The molecule has 24 heavy (non-hydrogen) atoms. The molecule has 1 aromatic heterocycles. The number of nitrogens with zero attached hydrogens (tertiary/aromatic N) is 1. The van der Waals surface area contributed by atoms with Gasteiger partial charge in [0.2, 0.25) is 0 Å². The zero-order valence-electron chi connectivity index (χ0n) is 13.4. The summed E-state index contributed by atoms with van der Waals surface area (Å²) in [5, 5.41) is 4.86. The van der Waals surface area contributed by atoms with Crippen LogP contribution in [0.1, 0.15) is 40.2 Å². The summed E-state index contributed by atoms with van der Waals surface area (Å²) < 4.78 is 5.43. The Morgan fingerprint density at radius 3 is 3.12 bits per heavy atom. The second-order valence-corrected chi connectivity index (χ2v) is 7.02. The van der Waals surface area contributed by atoms with Gasteiger partial charge in [-0.15, -0.1) is 11.3 Å². The van der Waals surface area contributed by atoms with Crippen molar-refractivity contribution in [1.29, 1.82) is 0 Å². The average molecular weight is 342 g/mol. The molecule has 1 aromatic carbocycles. The third-order valence-electron chi connectivity index (χ3n) is 4.60. The zero-order chi connectivity index (χ0) is 16.7. The van der Waals surface area contributed by atoms with Crippen molar-refractivity contribution in [1.82, 2.24) is 4.90 Å². The molecule has 0 radical (unpaired) electrons. The van der Waals surface area contributed by atoms with Crippen molar-refractivity contribution < 1.29 is 14.3 Å². The molecule has 0 saturated heterocycles. The van der Waals surface area contributed by atoms with Crippen molar-refractivity contribution in [2.45, 2.75) is 25.8 Å². The minimum absolute atomic E-state index is 0.00972. The first-order valence-electron chi connectivity index (χ1n) is 8.11. The molecule has 0 fully saturated rings. The number of rotatable bonds is 2. The Labute approximate surface area is 144 Å². The molecule has 2 aliphatic rings. The van der Waals surface area contributed by atoms with E-state index in [1.54, 1.807) is 29.5 Å². The van der Waals surface area contributed by atoms with Crippen LogP contribution in [0.3, 0.4) is 0 Å². The maximum absolute atomic E-state index is 13.0. The lowest BCUT2D eigenvalue weighted by Gasteiger charge is -2.35. The Morgan fingerprint density at radius 2 is 2.29 bits per heavy atom. The number of fused-ring (bicyclic) bond motifs is 2. The minimum Gasteiger partial charge on any atom is -0.482 e. The third kappa shape index (κ3) is 2.47. The van der Waals surface area contributed by atoms with Gasteiger partial charge in [0.15, 0.2) is 6.61 Å². The number of amides is 2. The van der Waals surface area contributed by atoms with Gasteiger partial charge in [0, 0.05) is 17.0 Å². The molecule has 0 aliphatic carbocycles. The van der Waals surface area contributed by atoms with E-state index in [1.807, 2.05) is 4.90 Å². The fraction of sp³-hybridized carbons (Fsp3) is 0.333. The van der Waals surface area contributed by atoms with Crippen LogP contribution in [0.5, 0.6) is 5.75 Å². The van der Waals surface area contributed by atoms with Crippen LogP contribution in [-0.4, -0.2) is 29.9 Å². The first kappa shape index (κ1) is 15.2. The standard InChI is InChI=1S/C18H18N2O3S/c1-2-14-12-6-8-24-16(12)5-7-20(14)18(22)11-3-4-13-15(9-11)23-10-17(21)19-13/h3-4,6,8-9,14H,2,5,7,10H2,1H3,(H,19,21)/t14-/m1/s1. The molecule has 1 N–H and O–H groups in total. The lowest BCUT2D eigenvalue weighted by Crippen LogP contribution is -2.39. The molecule has 0 spiro atoms. The van der Waals surface area contributed by atoms with Gasteiger partial charge >= 0.3 is 0 Å². The predicted octanol–water partition coefficient (Wildman–Crippen LogP) is 3.23. The lowest BCUT2D eigenvalue weighted by atomic mass is 9.96. The van der Waals surface area contributed by atoms with Gasteiger partial charge in [-0.2, -0.15) is 0 Å². The van der Waals surface area contributed by atoms with Crippen LogP contribution in [0.2, 0.25) is 0 Å². The molecule has 4 rings (SSSR count). The average Bonchev–Trinajstić information content (AvgIpc) is 3.08. The number of nitrogens with one attached hydrogen (secondary N) is 1. The highest BCUT2D eigenvalue weighted by Crippen LogP contribution is 2.37. The van der Waals surface area contributed by atoms with Crippen molar-refractivity contribution in [2.24, 2.45) is 0 Å². The first-order chi connectivity index (χ1) is 11.7. The van der Waals surface area contributed by atoms with E-state index >= 15 is 0 Å². The molecule has 3 heterocycles. The highest BCUT2D eigenvalue weighted by atomic mass is 32.1. The van der Waals surface area contributed by atoms with E-state index in [9.17, 15) is 9.59 Å². The van der Waals surface area contributed by atoms with Crippen LogP contribution in [0, 0.1) is 0 Å². The molecule has 124 valence electrons. The summed E-state index contributed by atoms with van der Waals surface area (Å²) in [4.78, 5) is 27.7. The molecule has 2 amide bonds. The molecule has 0 bridgehead atoms. The third-order valence-corrected chi connectivity index (χ3v) is 5.60. The summed E-state index contributed by atoms with van der Waals surface area (Å²) in [7, 11) is 0. The number of hydrogen-bond acceptors (Lipinski definition) is 4. The number of ether oxygens (including phenoxy) is 1. The van der Waals surface area contributed by atoms with Gasteiger partial charge in [-0.05, 0) is 48.1 Å². The van der Waals surface area contributed by atoms with E-state index in [0.29, 0.717) is 17.0 Å². The van der Waals surface area contributed by atoms with Crippen molar-refractivity contribution in [3.8, 4) is 5.75 Å². The largest absolute Gasteiger partial charge is 0.482 e. The summed E-state index contributed by atoms with van der Waals surface area (Å²) in [6, 6.07) is 7.49. The van der Waals surface area contributed by atoms with E-state index in [0.717, 1.165) is 19.4 Å². The topological polar surface area (TPSA) is 58.6 Å². The van der Waals surface area contributed by atoms with Gasteiger partial charge in [-0.1, -0.05) is 6.92 Å². The van der Waals surface area contributed by atoms with Crippen molar-refractivity contribution in [3.63, 3.8) is 0 Å². The summed E-state index contributed by atoms with van der Waals surface area (Å²) >= 11 is 1.77. The molecule has 6 heteroatoms. The van der Waals surface area contributed by atoms with Crippen LogP contribution in [0.4, 0.5) is 5.69 Å². The SMILES string of the molecule is CC[C@@H]1c2ccsc2CCN1C(=O)c1ccc2c(c1)OCC(=O)N2. The first-order valence-corrected chi connectivity index (χ1v) is 8.99. The minimum atomic E-state index is -0.173. The molecule has 1 atom stereocenters. The van der Waals surface area contributed by atoms with Crippen LogP contribution < -0.4 is 10.1 Å². The summed E-state index contributed by atoms with van der Waals surface area (Å²) in [5.74, 6) is 0.400. The Balaban J connectivity index is 1.63. The predicted molar refractivity (Wildman–Crippen MR) is 92.7 cm³/mol. The van der Waals surface area contributed by atoms with E-state index < -0.39 is 0 Å². The molecule has 2 aliphatic heterocycles. The molecule has 5 nitrogen and oxygen atoms in total. The van der Waals surface area contributed by atoms with E-state index in [-0.39, 0.29) is 24.5 Å². The van der Waals surface area contributed by atoms with Crippen LogP contribution in [0.15, 0.2) is 29.6 Å². The van der Waals surface area contributed by atoms with Crippen molar-refractivity contribution in [2.75, 3.05) is 18.5 Å². The summed E-state index contributed by atoms with van der Waals surface area (Å²) in [6.07, 6.45) is 1.81. The second-order valence-electron chi connectivity index (χ2n) is 6.02. The van der Waals surface area contributed by atoms with E-state index in [2.05, 4.69) is 23.7 Å². The second kappa shape index (κ2) is 5.94. The summed E-state index contributed by atoms with van der Waals surface area (Å²) in [5.41, 5.74) is 2.50. The van der Waals surface area contributed by atoms with Gasteiger partial charge in [-0.25, -0.2) is 0 Å². The Kier molecular flexibility index (Phi) is 3.76. The van der Waals surface area contributed by atoms with Crippen LogP contribution in [-0.2, 0) is 11.2 Å². The number of carbonyl (C=O) groups is 2. The maximum Gasteiger partial charge on any atom is 0.262 e. The fourth-order valence-corrected chi connectivity index (χ4v) is 4.38. The number of anilines is 1. The maximum atomic E-state index is 13.0. The Bertz CT molecular complexity index is 814. The highest BCUT2D eigenvalue weighted by Gasteiger charge is 2.31.